The predicted octanol–water partition coefficient (Wildman–Crippen LogP) is 6.02. The van der Waals surface area contributed by atoms with Gasteiger partial charge in [0.1, 0.15) is 0 Å². The molecule has 0 amide bonds. The van der Waals surface area contributed by atoms with Gasteiger partial charge in [0.15, 0.2) is 0 Å². The van der Waals surface area contributed by atoms with Crippen LogP contribution in [0.5, 0.6) is 0 Å². The van der Waals surface area contributed by atoms with Crippen LogP contribution >= 0.6 is 0 Å². The first-order chi connectivity index (χ1) is 23.9. The first kappa shape index (κ1) is 35.2. The van der Waals surface area contributed by atoms with Gasteiger partial charge in [-0.1, -0.05) is 67.5 Å². The van der Waals surface area contributed by atoms with Crippen LogP contribution in [0.2, 0.25) is 0 Å². The van der Waals surface area contributed by atoms with Gasteiger partial charge in [0.2, 0.25) is 0 Å². The summed E-state index contributed by atoms with van der Waals surface area (Å²) in [5.74, 6) is 11.7. The van der Waals surface area contributed by atoms with Crippen molar-refractivity contribution in [2.75, 3.05) is 0 Å². The summed E-state index contributed by atoms with van der Waals surface area (Å²) in [6, 6.07) is 0.916. The van der Waals surface area contributed by atoms with Crippen molar-refractivity contribution in [3.63, 3.8) is 0 Å². The van der Waals surface area contributed by atoms with Crippen molar-refractivity contribution < 1.29 is 0 Å². The van der Waals surface area contributed by atoms with Crippen molar-refractivity contribution in [3.8, 4) is 0 Å². The topological polar surface area (TPSA) is 84.2 Å². The van der Waals surface area contributed by atoms with Crippen LogP contribution < -0.4 is 37.2 Å². The maximum Gasteiger partial charge on any atom is 0.0628 e. The summed E-state index contributed by atoms with van der Waals surface area (Å²) in [4.78, 5) is 0. The van der Waals surface area contributed by atoms with Crippen molar-refractivity contribution in [2.24, 2.45) is 94.7 Å². The Balaban J connectivity index is 1.09. The average molecular weight is 690 g/mol. The predicted molar refractivity (Wildman–Crippen MR) is 204 cm³/mol. The molecule has 8 bridgehead atoms. The zero-order valence-corrected chi connectivity index (χ0v) is 32.9. The summed E-state index contributed by atoms with van der Waals surface area (Å²) in [5, 5.41) is 30.5. The number of fused-ring (bicyclic) bond motifs is 4. The molecule has 5 heterocycles. The molecule has 7 heteroatoms. The molecule has 50 heavy (non-hydrogen) atoms. The van der Waals surface area contributed by atoms with Gasteiger partial charge in [0, 0.05) is 12.1 Å². The SMILES string of the molecule is C=C1CC2NC3NC(NC4NC(NC5NC(NC1C1CC(C)C(C)CC21)C1CC(C)C(C)CC51)C1CC(C)C(C)CC41)C1CC(C)C(C)CC31. The van der Waals surface area contributed by atoms with Crippen LogP contribution in [-0.2, 0) is 0 Å². The van der Waals surface area contributed by atoms with E-state index in [-0.39, 0.29) is 0 Å². The van der Waals surface area contributed by atoms with E-state index in [2.05, 4.69) is 92.6 Å². The lowest BCUT2D eigenvalue weighted by molar-refractivity contribution is 0.0417. The quantitative estimate of drug-likeness (QED) is 0.157. The summed E-state index contributed by atoms with van der Waals surface area (Å²) < 4.78 is 0. The molecule has 5 aliphatic carbocycles. The number of hydrogen-bond donors (Lipinski definition) is 7. The van der Waals surface area contributed by atoms with E-state index in [1.807, 2.05) is 0 Å². The van der Waals surface area contributed by atoms with Crippen molar-refractivity contribution in [3.05, 3.63) is 12.2 Å². The molecule has 7 nitrogen and oxygen atoms in total. The molecule has 7 N–H and O–H groups in total. The Morgan fingerprint density at radius 3 is 0.940 bits per heavy atom. The molecule has 24 atom stereocenters. The minimum absolute atomic E-state index is 0.348. The van der Waals surface area contributed by atoms with E-state index in [9.17, 15) is 0 Å². The van der Waals surface area contributed by atoms with E-state index in [0.29, 0.717) is 96.4 Å². The molecule has 24 unspecified atom stereocenters. The molecule has 0 radical (unpaired) electrons. The highest BCUT2D eigenvalue weighted by Gasteiger charge is 2.56. The fourth-order valence-corrected chi connectivity index (χ4v) is 14.3. The third-order valence-electron chi connectivity index (χ3n) is 18.2. The molecule has 282 valence electrons. The fourth-order valence-electron chi connectivity index (χ4n) is 14.3. The van der Waals surface area contributed by atoms with Crippen LogP contribution in [0.15, 0.2) is 12.2 Å². The van der Waals surface area contributed by atoms with Crippen molar-refractivity contribution in [1.82, 2.24) is 37.2 Å². The normalized spacial score (nSPS) is 60.8. The van der Waals surface area contributed by atoms with Gasteiger partial charge in [-0.15, -0.1) is 0 Å². The molecule has 10 fully saturated rings. The van der Waals surface area contributed by atoms with E-state index in [1.54, 1.807) is 0 Å². The van der Waals surface area contributed by atoms with Gasteiger partial charge < -0.3 is 0 Å². The smallest absolute Gasteiger partial charge is 0.0628 e. The zero-order valence-electron chi connectivity index (χ0n) is 32.9. The number of rotatable bonds is 0. The third-order valence-corrected chi connectivity index (χ3v) is 18.2. The van der Waals surface area contributed by atoms with Gasteiger partial charge in [-0.25, -0.2) is 0 Å². The van der Waals surface area contributed by atoms with Gasteiger partial charge in [-0.3, -0.25) is 37.2 Å². The standard InChI is InChI=1S/C43H75N7/c1-19-10-28-29(11-20(19)2)37-27(9)18-36(28)44-38-30-12-21(3)23(5)14-32(30)40(46-38)48-42-34-16-25(7)26(8)17-35(34)43(50-42)49-41-33-15-24(6)22(4)13-31(33)39(45-37)47-41/h19-26,28-50H,9-18H2,1-8H3. The van der Waals surface area contributed by atoms with Crippen LogP contribution in [0.1, 0.15) is 113 Å². The Hall–Kier alpha value is -0.540. The van der Waals surface area contributed by atoms with E-state index in [0.717, 1.165) is 53.8 Å². The average Bonchev–Trinajstić information content (AvgIpc) is 3.67. The number of nitrogens with one attached hydrogen (secondary N) is 7. The molecule has 10 aliphatic rings. The van der Waals surface area contributed by atoms with Crippen molar-refractivity contribution >= 4 is 0 Å². The second-order valence-corrected chi connectivity index (χ2v) is 21.0. The minimum Gasteiger partial charge on any atom is -0.298 e. The first-order valence-electron chi connectivity index (χ1n) is 21.9. The Labute approximate surface area is 305 Å². The highest BCUT2D eigenvalue weighted by molar-refractivity contribution is 5.20. The van der Waals surface area contributed by atoms with Gasteiger partial charge in [0.25, 0.3) is 0 Å². The Bertz CT molecular complexity index is 1260. The molecule has 5 saturated heterocycles. The highest BCUT2D eigenvalue weighted by atomic mass is 15.4. The van der Waals surface area contributed by atoms with Gasteiger partial charge in [0.05, 0.1) is 37.0 Å². The van der Waals surface area contributed by atoms with Crippen LogP contribution in [0.3, 0.4) is 0 Å². The van der Waals surface area contributed by atoms with E-state index in [1.165, 1.54) is 56.9 Å². The zero-order chi connectivity index (χ0) is 34.7. The van der Waals surface area contributed by atoms with Gasteiger partial charge in [-0.2, -0.15) is 0 Å². The molecule has 0 spiro atoms. The molecular formula is C43H75N7. The summed E-state index contributed by atoms with van der Waals surface area (Å²) in [6.45, 7) is 25.2. The second kappa shape index (κ2) is 13.3. The molecule has 5 aliphatic heterocycles. The van der Waals surface area contributed by atoms with Crippen LogP contribution in [0, 0.1) is 94.7 Å². The first-order valence-corrected chi connectivity index (χ1v) is 21.9. The highest BCUT2D eigenvalue weighted by Crippen LogP contribution is 2.51. The fraction of sp³-hybridized carbons (Fsp3) is 0.953. The Kier molecular flexibility index (Phi) is 9.39. The molecule has 10 rings (SSSR count). The number of hydrogen-bond acceptors (Lipinski definition) is 7. The maximum atomic E-state index is 4.93. The molecule has 5 saturated carbocycles. The van der Waals surface area contributed by atoms with E-state index < -0.39 is 0 Å². The van der Waals surface area contributed by atoms with Crippen LogP contribution in [0.25, 0.3) is 0 Å². The summed E-state index contributed by atoms with van der Waals surface area (Å²) in [7, 11) is 0. The van der Waals surface area contributed by atoms with E-state index in [4.69, 9.17) is 6.58 Å². The van der Waals surface area contributed by atoms with Crippen LogP contribution in [0.4, 0.5) is 0 Å². The van der Waals surface area contributed by atoms with Crippen LogP contribution in [-0.4, -0.2) is 49.1 Å². The monoisotopic (exact) mass is 690 g/mol. The van der Waals surface area contributed by atoms with Gasteiger partial charge >= 0.3 is 0 Å². The molecule has 0 aromatic carbocycles. The van der Waals surface area contributed by atoms with Crippen molar-refractivity contribution in [2.45, 2.75) is 162 Å². The molecule has 0 aromatic heterocycles. The Morgan fingerprint density at radius 2 is 0.600 bits per heavy atom. The third kappa shape index (κ3) is 5.93. The summed E-state index contributed by atoms with van der Waals surface area (Å²) >= 11 is 0. The lowest BCUT2D eigenvalue weighted by atomic mass is 9.59. The lowest BCUT2D eigenvalue weighted by Crippen LogP contribution is -2.62. The summed E-state index contributed by atoms with van der Waals surface area (Å²) in [5.41, 5.74) is 1.46. The minimum atomic E-state index is 0.348. The Morgan fingerprint density at radius 1 is 0.340 bits per heavy atom. The largest absolute Gasteiger partial charge is 0.298 e. The lowest BCUT2D eigenvalue weighted by Gasteiger charge is -2.52. The molecular weight excluding hydrogens is 615 g/mol. The molecule has 0 aromatic rings. The summed E-state index contributed by atoms with van der Waals surface area (Å²) in [6.07, 6.45) is 13.9. The van der Waals surface area contributed by atoms with Gasteiger partial charge in [-0.05, 0) is 152 Å². The second-order valence-electron chi connectivity index (χ2n) is 21.0. The maximum absolute atomic E-state index is 4.93. The van der Waals surface area contributed by atoms with Crippen molar-refractivity contribution in [1.29, 1.82) is 0 Å². The van der Waals surface area contributed by atoms with E-state index >= 15 is 0 Å².